The van der Waals surface area contributed by atoms with Crippen LogP contribution in [0.15, 0.2) is 0 Å². The van der Waals surface area contributed by atoms with E-state index in [4.69, 9.17) is 15.9 Å². The third-order valence-corrected chi connectivity index (χ3v) is 1.65. The molecule has 8 nitrogen and oxygen atoms in total. The minimum Gasteiger partial charge on any atom is -0.479 e. The first kappa shape index (κ1) is 14.2. The maximum atomic E-state index is 11.0. The predicted molar refractivity (Wildman–Crippen MR) is 53.5 cm³/mol. The fraction of sp³-hybridized carbons (Fsp3) is 0.625. The molecule has 0 saturated carbocycles. The molecule has 0 aromatic carbocycles. The van der Waals surface area contributed by atoms with Crippen molar-refractivity contribution < 1.29 is 24.6 Å². The molecule has 0 aromatic rings. The van der Waals surface area contributed by atoms with Gasteiger partial charge in [-0.15, -0.1) is 0 Å². The Kier molecular flexibility index (Phi) is 6.61. The summed E-state index contributed by atoms with van der Waals surface area (Å²) in [6.45, 7) is 0.137. The first-order valence-corrected chi connectivity index (χ1v) is 4.64. The van der Waals surface area contributed by atoms with Gasteiger partial charge in [-0.2, -0.15) is 0 Å². The molecule has 0 spiro atoms. The summed E-state index contributed by atoms with van der Waals surface area (Å²) < 4.78 is 0. The average molecular weight is 233 g/mol. The van der Waals surface area contributed by atoms with Crippen molar-refractivity contribution >= 4 is 17.9 Å². The summed E-state index contributed by atoms with van der Waals surface area (Å²) in [7, 11) is 0. The number of carbonyl (C=O) groups excluding carboxylic acids is 2. The SMILES string of the molecule is NC(=O)CCNC(=O)NCC[C@H](O)C(=O)O. The van der Waals surface area contributed by atoms with Crippen LogP contribution in [-0.4, -0.2) is 47.3 Å². The van der Waals surface area contributed by atoms with Gasteiger partial charge in [-0.05, 0) is 0 Å². The van der Waals surface area contributed by atoms with Gasteiger partial charge >= 0.3 is 12.0 Å². The van der Waals surface area contributed by atoms with Crippen molar-refractivity contribution in [1.29, 1.82) is 0 Å². The van der Waals surface area contributed by atoms with Crippen LogP contribution < -0.4 is 16.4 Å². The molecule has 3 amide bonds. The van der Waals surface area contributed by atoms with Crippen molar-refractivity contribution in [2.24, 2.45) is 5.73 Å². The van der Waals surface area contributed by atoms with Crippen molar-refractivity contribution in [3.63, 3.8) is 0 Å². The number of carboxylic acid groups (broad SMARTS) is 1. The number of aliphatic hydroxyl groups is 1. The van der Waals surface area contributed by atoms with E-state index in [1.165, 1.54) is 0 Å². The molecule has 0 saturated heterocycles. The highest BCUT2D eigenvalue weighted by atomic mass is 16.4. The summed E-state index contributed by atoms with van der Waals surface area (Å²) in [5, 5.41) is 21.8. The molecule has 0 aliphatic carbocycles. The minimum atomic E-state index is -1.49. The van der Waals surface area contributed by atoms with E-state index in [0.717, 1.165) is 0 Å². The minimum absolute atomic E-state index is 0.0237. The number of nitrogens with one attached hydrogen (secondary N) is 2. The number of rotatable bonds is 7. The summed E-state index contributed by atoms with van der Waals surface area (Å²) in [5.74, 6) is -1.86. The van der Waals surface area contributed by atoms with Crippen LogP contribution in [0.2, 0.25) is 0 Å². The Morgan fingerprint density at radius 1 is 1.19 bits per heavy atom. The Morgan fingerprint density at radius 3 is 2.25 bits per heavy atom. The van der Waals surface area contributed by atoms with Crippen LogP contribution in [0.1, 0.15) is 12.8 Å². The van der Waals surface area contributed by atoms with Gasteiger partial charge in [0.25, 0.3) is 0 Å². The molecule has 6 N–H and O–H groups in total. The third kappa shape index (κ3) is 7.56. The zero-order valence-electron chi connectivity index (χ0n) is 8.60. The monoisotopic (exact) mass is 233 g/mol. The van der Waals surface area contributed by atoms with Crippen LogP contribution in [0.3, 0.4) is 0 Å². The number of hydrogen-bond acceptors (Lipinski definition) is 4. The second-order valence-corrected chi connectivity index (χ2v) is 3.04. The normalized spacial score (nSPS) is 11.6. The number of amides is 3. The van der Waals surface area contributed by atoms with Crippen molar-refractivity contribution in [3.8, 4) is 0 Å². The largest absolute Gasteiger partial charge is 0.479 e. The van der Waals surface area contributed by atoms with Gasteiger partial charge < -0.3 is 26.6 Å². The van der Waals surface area contributed by atoms with Gasteiger partial charge in [-0.25, -0.2) is 9.59 Å². The number of urea groups is 1. The van der Waals surface area contributed by atoms with Crippen molar-refractivity contribution in [1.82, 2.24) is 10.6 Å². The average Bonchev–Trinajstić information content (AvgIpc) is 2.16. The van der Waals surface area contributed by atoms with E-state index in [-0.39, 0.29) is 25.9 Å². The Balaban J connectivity index is 3.51. The smallest absolute Gasteiger partial charge is 0.332 e. The Labute approximate surface area is 91.8 Å². The van der Waals surface area contributed by atoms with Gasteiger partial charge in [0.2, 0.25) is 5.91 Å². The van der Waals surface area contributed by atoms with Gasteiger partial charge in [0, 0.05) is 25.9 Å². The maximum absolute atomic E-state index is 11.0. The molecule has 0 aliphatic rings. The van der Waals surface area contributed by atoms with E-state index < -0.39 is 24.0 Å². The molecule has 0 aromatic heterocycles. The lowest BCUT2D eigenvalue weighted by atomic mass is 10.2. The van der Waals surface area contributed by atoms with E-state index in [2.05, 4.69) is 10.6 Å². The Morgan fingerprint density at radius 2 is 1.75 bits per heavy atom. The molecular formula is C8H15N3O5. The molecule has 0 bridgehead atoms. The van der Waals surface area contributed by atoms with Gasteiger partial charge in [0.1, 0.15) is 0 Å². The number of hydrogen-bond donors (Lipinski definition) is 5. The van der Waals surface area contributed by atoms with E-state index >= 15 is 0 Å². The lowest BCUT2D eigenvalue weighted by Crippen LogP contribution is -2.39. The van der Waals surface area contributed by atoms with E-state index in [0.29, 0.717) is 0 Å². The first-order chi connectivity index (χ1) is 7.43. The molecule has 0 fully saturated rings. The summed E-state index contributed by atoms with van der Waals surface area (Å²) in [6.07, 6.45) is -1.55. The standard InChI is InChI=1S/C8H15N3O5/c9-6(13)2-4-11-8(16)10-3-1-5(12)7(14)15/h5,12H,1-4H2,(H2,9,13)(H,14,15)(H2,10,11,16)/t5-/m0/s1. The summed E-state index contributed by atoms with van der Waals surface area (Å²) >= 11 is 0. The molecule has 0 radical (unpaired) electrons. The number of carboxylic acids is 1. The second kappa shape index (κ2) is 7.46. The highest BCUT2D eigenvalue weighted by Gasteiger charge is 2.12. The third-order valence-electron chi connectivity index (χ3n) is 1.65. The number of primary amides is 1. The molecule has 92 valence electrons. The van der Waals surface area contributed by atoms with Gasteiger partial charge in [0.05, 0.1) is 0 Å². The zero-order valence-corrected chi connectivity index (χ0v) is 8.60. The lowest BCUT2D eigenvalue weighted by molar-refractivity contribution is -0.146. The van der Waals surface area contributed by atoms with Gasteiger partial charge in [0.15, 0.2) is 6.10 Å². The van der Waals surface area contributed by atoms with Crippen molar-refractivity contribution in [2.75, 3.05) is 13.1 Å². The van der Waals surface area contributed by atoms with Crippen LogP contribution in [0, 0.1) is 0 Å². The van der Waals surface area contributed by atoms with E-state index in [1.807, 2.05) is 0 Å². The fourth-order valence-corrected chi connectivity index (χ4v) is 0.808. The predicted octanol–water partition coefficient (Wildman–Crippen LogP) is -2.00. The summed E-state index contributed by atoms with van der Waals surface area (Å²) in [6, 6.07) is -0.543. The summed E-state index contributed by atoms with van der Waals surface area (Å²) in [5.41, 5.74) is 4.84. The van der Waals surface area contributed by atoms with Gasteiger partial charge in [-0.3, -0.25) is 4.79 Å². The van der Waals surface area contributed by atoms with Crippen LogP contribution in [0.4, 0.5) is 4.79 Å². The molecule has 1 atom stereocenters. The fourth-order valence-electron chi connectivity index (χ4n) is 0.808. The molecule has 0 rings (SSSR count). The lowest BCUT2D eigenvalue weighted by Gasteiger charge is -2.08. The Bertz CT molecular complexity index is 268. The number of aliphatic carboxylic acids is 1. The highest BCUT2D eigenvalue weighted by molar-refractivity contribution is 5.77. The molecule has 16 heavy (non-hydrogen) atoms. The van der Waals surface area contributed by atoms with Gasteiger partial charge in [-0.1, -0.05) is 0 Å². The van der Waals surface area contributed by atoms with Crippen LogP contribution in [0.5, 0.6) is 0 Å². The topological polar surface area (TPSA) is 142 Å². The quantitative estimate of drug-likeness (QED) is 0.345. The highest BCUT2D eigenvalue weighted by Crippen LogP contribution is 1.88. The molecule has 0 heterocycles. The van der Waals surface area contributed by atoms with Crippen molar-refractivity contribution in [2.45, 2.75) is 18.9 Å². The number of nitrogens with two attached hydrogens (primary N) is 1. The van der Waals surface area contributed by atoms with E-state index in [9.17, 15) is 14.4 Å². The van der Waals surface area contributed by atoms with Crippen LogP contribution in [0.25, 0.3) is 0 Å². The molecule has 0 unspecified atom stereocenters. The van der Waals surface area contributed by atoms with Crippen LogP contribution >= 0.6 is 0 Å². The second-order valence-electron chi connectivity index (χ2n) is 3.04. The Hall–Kier alpha value is -1.83. The number of aliphatic hydroxyl groups excluding tert-OH is 1. The first-order valence-electron chi connectivity index (χ1n) is 4.64. The number of carbonyl (C=O) groups is 3. The zero-order chi connectivity index (χ0) is 12.6. The summed E-state index contributed by atoms with van der Waals surface area (Å²) in [4.78, 5) is 31.5. The van der Waals surface area contributed by atoms with Crippen molar-refractivity contribution in [3.05, 3.63) is 0 Å². The molecule has 0 aliphatic heterocycles. The maximum Gasteiger partial charge on any atom is 0.332 e. The molecular weight excluding hydrogens is 218 g/mol. The van der Waals surface area contributed by atoms with E-state index in [1.54, 1.807) is 0 Å². The van der Waals surface area contributed by atoms with Crippen LogP contribution in [-0.2, 0) is 9.59 Å². The molecule has 8 heteroatoms.